The zero-order valence-corrected chi connectivity index (χ0v) is 17.8. The van der Waals surface area contributed by atoms with Crippen LogP contribution >= 0.6 is 11.6 Å². The maximum absolute atomic E-state index is 13.2. The van der Waals surface area contributed by atoms with Crippen LogP contribution in [0.25, 0.3) is 0 Å². The molecule has 3 aromatic rings. The molecule has 1 N–H and O–H groups in total. The van der Waals surface area contributed by atoms with E-state index in [1.807, 2.05) is 38.1 Å². The van der Waals surface area contributed by atoms with E-state index in [9.17, 15) is 13.2 Å². The summed E-state index contributed by atoms with van der Waals surface area (Å²) >= 11 is 5.90. The third kappa shape index (κ3) is 4.65. The van der Waals surface area contributed by atoms with Crippen LogP contribution in [0.5, 0.6) is 11.5 Å². The number of benzene rings is 3. The van der Waals surface area contributed by atoms with Gasteiger partial charge in [0.15, 0.2) is 0 Å². The monoisotopic (exact) mass is 446 g/mol. The van der Waals surface area contributed by atoms with Gasteiger partial charge in [0, 0.05) is 17.3 Å². The highest BCUT2D eigenvalue weighted by molar-refractivity contribution is 6.30. The molecule has 0 radical (unpaired) electrons. The molecule has 3 aromatic carbocycles. The fraction of sp³-hybridized carbons (Fsp3) is 0.250. The Labute approximate surface area is 184 Å². The fourth-order valence-electron chi connectivity index (χ4n) is 3.92. The zero-order chi connectivity index (χ0) is 22.2. The molecule has 1 aliphatic rings. The van der Waals surface area contributed by atoms with Crippen molar-refractivity contribution in [3.05, 3.63) is 88.9 Å². The van der Waals surface area contributed by atoms with Crippen molar-refractivity contribution in [2.75, 3.05) is 11.4 Å². The number of nitrogens with one attached hydrogen (secondary N) is 1. The van der Waals surface area contributed by atoms with Gasteiger partial charge in [0.2, 0.25) is 0 Å². The van der Waals surface area contributed by atoms with E-state index >= 15 is 0 Å². The molecule has 0 saturated carbocycles. The molecule has 0 spiro atoms. The van der Waals surface area contributed by atoms with Gasteiger partial charge in [-0.3, -0.25) is 5.32 Å². The predicted octanol–water partition coefficient (Wildman–Crippen LogP) is 7.04. The molecule has 4 rings (SSSR count). The summed E-state index contributed by atoms with van der Waals surface area (Å²) in [6, 6.07) is 19.9. The quantitative estimate of drug-likeness (QED) is 0.465. The fourth-order valence-corrected chi connectivity index (χ4v) is 4.04. The normalized spacial score (nSPS) is 18.3. The second-order valence-electron chi connectivity index (χ2n) is 8.00. The van der Waals surface area contributed by atoms with Gasteiger partial charge in [-0.2, -0.15) is 13.2 Å². The van der Waals surface area contributed by atoms with Gasteiger partial charge in [-0.25, -0.2) is 0 Å². The topological polar surface area (TPSA) is 24.5 Å². The molecule has 1 atom stereocenters. The Morgan fingerprint density at radius 2 is 1.58 bits per heavy atom. The molecule has 162 valence electrons. The Bertz CT molecular complexity index is 1050. The number of rotatable bonds is 4. The van der Waals surface area contributed by atoms with Crippen LogP contribution < -0.4 is 15.0 Å². The second kappa shape index (κ2) is 8.09. The molecule has 0 amide bonds. The highest BCUT2D eigenvalue weighted by Gasteiger charge is 2.40. The van der Waals surface area contributed by atoms with E-state index in [0.717, 1.165) is 11.8 Å². The summed E-state index contributed by atoms with van der Waals surface area (Å²) in [4.78, 5) is 2.11. The lowest BCUT2D eigenvalue weighted by atomic mass is 10.0. The first-order valence-electron chi connectivity index (χ1n) is 9.88. The minimum atomic E-state index is -4.37. The SMILES string of the molecule is CC1(C)NCC(c2cccc(C(F)(F)F)c2)N1c1ccc(Oc2ccc(Cl)cc2)cc1. The van der Waals surface area contributed by atoms with E-state index in [4.69, 9.17) is 16.3 Å². The number of hydrogen-bond acceptors (Lipinski definition) is 3. The Balaban J connectivity index is 1.61. The van der Waals surface area contributed by atoms with Gasteiger partial charge in [-0.1, -0.05) is 23.7 Å². The van der Waals surface area contributed by atoms with E-state index in [1.165, 1.54) is 12.1 Å². The number of ether oxygens (including phenoxy) is 1. The van der Waals surface area contributed by atoms with Gasteiger partial charge in [-0.05, 0) is 80.1 Å². The van der Waals surface area contributed by atoms with E-state index in [0.29, 0.717) is 28.6 Å². The molecule has 1 aliphatic heterocycles. The molecule has 7 heteroatoms. The van der Waals surface area contributed by atoms with Crippen LogP contribution in [0.1, 0.15) is 31.0 Å². The van der Waals surface area contributed by atoms with Crippen LogP contribution in [0.4, 0.5) is 18.9 Å². The maximum atomic E-state index is 13.2. The minimum Gasteiger partial charge on any atom is -0.457 e. The first-order valence-corrected chi connectivity index (χ1v) is 10.3. The van der Waals surface area contributed by atoms with Gasteiger partial charge in [0.05, 0.1) is 17.3 Å². The van der Waals surface area contributed by atoms with Crippen molar-refractivity contribution < 1.29 is 17.9 Å². The smallest absolute Gasteiger partial charge is 0.416 e. The van der Waals surface area contributed by atoms with E-state index < -0.39 is 17.4 Å². The van der Waals surface area contributed by atoms with Crippen LogP contribution in [0.2, 0.25) is 5.02 Å². The van der Waals surface area contributed by atoms with Crippen molar-refractivity contribution in [2.45, 2.75) is 31.7 Å². The van der Waals surface area contributed by atoms with Gasteiger partial charge >= 0.3 is 6.18 Å². The van der Waals surface area contributed by atoms with Crippen LogP contribution in [0, 0.1) is 0 Å². The summed E-state index contributed by atoms with van der Waals surface area (Å²) < 4.78 is 45.5. The summed E-state index contributed by atoms with van der Waals surface area (Å²) in [7, 11) is 0. The Kier molecular flexibility index (Phi) is 5.62. The maximum Gasteiger partial charge on any atom is 0.416 e. The third-order valence-electron chi connectivity index (χ3n) is 5.40. The number of halogens is 4. The number of anilines is 1. The summed E-state index contributed by atoms with van der Waals surface area (Å²) in [5.74, 6) is 1.33. The van der Waals surface area contributed by atoms with Gasteiger partial charge in [0.25, 0.3) is 0 Å². The lowest BCUT2D eigenvalue weighted by molar-refractivity contribution is -0.137. The Morgan fingerprint density at radius 3 is 2.19 bits per heavy atom. The molecule has 1 heterocycles. The average Bonchev–Trinajstić information content (AvgIpc) is 3.05. The largest absolute Gasteiger partial charge is 0.457 e. The second-order valence-corrected chi connectivity index (χ2v) is 8.44. The standard InChI is InChI=1S/C24H22ClF3N2O/c1-23(2)29-15-22(16-4-3-5-17(14-16)24(26,27)28)30(23)19-8-12-21(13-9-19)31-20-10-6-18(25)7-11-20/h3-14,22,29H,15H2,1-2H3. The Hall–Kier alpha value is -2.70. The van der Waals surface area contributed by atoms with E-state index in [1.54, 1.807) is 30.3 Å². The highest BCUT2D eigenvalue weighted by Crippen LogP contribution is 2.40. The minimum absolute atomic E-state index is 0.236. The molecule has 3 nitrogen and oxygen atoms in total. The number of alkyl halides is 3. The van der Waals surface area contributed by atoms with Crippen LogP contribution in [-0.2, 0) is 6.18 Å². The van der Waals surface area contributed by atoms with Crippen molar-refractivity contribution >= 4 is 17.3 Å². The number of hydrogen-bond donors (Lipinski definition) is 1. The zero-order valence-electron chi connectivity index (χ0n) is 17.1. The van der Waals surface area contributed by atoms with Crippen molar-refractivity contribution in [1.29, 1.82) is 0 Å². The first-order chi connectivity index (χ1) is 14.6. The van der Waals surface area contributed by atoms with Crippen molar-refractivity contribution in [1.82, 2.24) is 5.32 Å². The van der Waals surface area contributed by atoms with Gasteiger partial charge in [-0.15, -0.1) is 0 Å². The van der Waals surface area contributed by atoms with Crippen LogP contribution in [0.3, 0.4) is 0 Å². The number of nitrogens with zero attached hydrogens (tertiary/aromatic N) is 1. The highest BCUT2D eigenvalue weighted by atomic mass is 35.5. The molecular weight excluding hydrogens is 425 g/mol. The summed E-state index contributed by atoms with van der Waals surface area (Å²) in [5.41, 5.74) is 0.439. The Morgan fingerprint density at radius 1 is 0.968 bits per heavy atom. The molecule has 0 aliphatic carbocycles. The first kappa shape index (κ1) is 21.5. The molecule has 0 aromatic heterocycles. The van der Waals surface area contributed by atoms with E-state index in [-0.39, 0.29) is 6.04 Å². The molecule has 31 heavy (non-hydrogen) atoms. The molecule has 1 unspecified atom stereocenters. The summed E-state index contributed by atoms with van der Waals surface area (Å²) in [6.45, 7) is 4.56. The van der Waals surface area contributed by atoms with Crippen LogP contribution in [-0.4, -0.2) is 12.2 Å². The van der Waals surface area contributed by atoms with Gasteiger partial charge in [0.1, 0.15) is 11.5 Å². The average molecular weight is 447 g/mol. The summed E-state index contributed by atoms with van der Waals surface area (Å²) in [6.07, 6.45) is -4.37. The van der Waals surface area contributed by atoms with Crippen molar-refractivity contribution in [2.24, 2.45) is 0 Å². The molecule has 1 saturated heterocycles. The molecule has 0 bridgehead atoms. The van der Waals surface area contributed by atoms with Crippen molar-refractivity contribution in [3.8, 4) is 11.5 Å². The third-order valence-corrected chi connectivity index (χ3v) is 5.66. The summed E-state index contributed by atoms with van der Waals surface area (Å²) in [5, 5.41) is 4.04. The predicted molar refractivity (Wildman–Crippen MR) is 117 cm³/mol. The molecule has 1 fully saturated rings. The van der Waals surface area contributed by atoms with E-state index in [2.05, 4.69) is 10.2 Å². The lowest BCUT2D eigenvalue weighted by Crippen LogP contribution is -2.46. The van der Waals surface area contributed by atoms with Gasteiger partial charge < -0.3 is 9.64 Å². The van der Waals surface area contributed by atoms with Crippen molar-refractivity contribution in [3.63, 3.8) is 0 Å². The lowest BCUT2D eigenvalue weighted by Gasteiger charge is -2.37. The van der Waals surface area contributed by atoms with Crippen LogP contribution in [0.15, 0.2) is 72.8 Å². The molecular formula is C24H22ClF3N2O.